The summed E-state index contributed by atoms with van der Waals surface area (Å²) in [6.45, 7) is 11.7. The van der Waals surface area contributed by atoms with Crippen molar-refractivity contribution in [2.75, 3.05) is 19.6 Å². The standard InChI is InChI=1S/C20H28N.ClH/c1-4-21(5-2,6-3)17-20-15-11-10-14-19(20)16-18-12-8-7-9-13-18;/h7-15H,4-6,16-17H2,1-3H3;1H/q+1;/p-1. The van der Waals surface area contributed by atoms with Crippen molar-refractivity contribution in [1.29, 1.82) is 0 Å². The van der Waals surface area contributed by atoms with Crippen LogP contribution in [0.1, 0.15) is 37.5 Å². The van der Waals surface area contributed by atoms with Gasteiger partial charge in [0, 0.05) is 5.56 Å². The van der Waals surface area contributed by atoms with Gasteiger partial charge in [-0.05, 0) is 38.3 Å². The number of halogens is 1. The molecule has 0 radical (unpaired) electrons. The molecule has 0 aliphatic carbocycles. The summed E-state index contributed by atoms with van der Waals surface area (Å²) in [6, 6.07) is 19.7. The lowest BCUT2D eigenvalue weighted by molar-refractivity contribution is -0.936. The van der Waals surface area contributed by atoms with Gasteiger partial charge in [0.1, 0.15) is 6.54 Å². The summed E-state index contributed by atoms with van der Waals surface area (Å²) in [5, 5.41) is 0. The van der Waals surface area contributed by atoms with Crippen LogP contribution in [0, 0.1) is 0 Å². The highest BCUT2D eigenvalue weighted by Crippen LogP contribution is 2.20. The van der Waals surface area contributed by atoms with Crippen molar-refractivity contribution in [3.63, 3.8) is 0 Å². The van der Waals surface area contributed by atoms with E-state index in [0.717, 1.165) is 13.0 Å². The molecular formula is C20H28ClN. The van der Waals surface area contributed by atoms with Gasteiger partial charge in [0.25, 0.3) is 0 Å². The molecule has 2 rings (SSSR count). The van der Waals surface area contributed by atoms with E-state index >= 15 is 0 Å². The Bertz CT molecular complexity index is 538. The lowest BCUT2D eigenvalue weighted by atomic mass is 9.99. The molecule has 120 valence electrons. The largest absolute Gasteiger partial charge is 1.00 e. The van der Waals surface area contributed by atoms with Gasteiger partial charge in [-0.2, -0.15) is 0 Å². The van der Waals surface area contributed by atoms with Crippen LogP contribution in [0.2, 0.25) is 0 Å². The van der Waals surface area contributed by atoms with E-state index in [-0.39, 0.29) is 12.4 Å². The van der Waals surface area contributed by atoms with Crippen molar-refractivity contribution >= 4 is 0 Å². The first-order chi connectivity index (χ1) is 10.2. The second-order valence-electron chi connectivity index (χ2n) is 5.88. The average molecular weight is 318 g/mol. The summed E-state index contributed by atoms with van der Waals surface area (Å²) >= 11 is 0. The van der Waals surface area contributed by atoms with Crippen molar-refractivity contribution in [2.24, 2.45) is 0 Å². The first-order valence-electron chi connectivity index (χ1n) is 8.18. The van der Waals surface area contributed by atoms with Gasteiger partial charge in [-0.15, -0.1) is 0 Å². The van der Waals surface area contributed by atoms with Crippen molar-refractivity contribution in [3.05, 3.63) is 71.3 Å². The third-order valence-electron chi connectivity index (χ3n) is 4.87. The third kappa shape index (κ3) is 4.59. The number of nitrogens with zero attached hydrogens (tertiary/aromatic N) is 1. The normalized spacial score (nSPS) is 11.0. The highest BCUT2D eigenvalue weighted by Gasteiger charge is 2.22. The first kappa shape index (κ1) is 18.7. The van der Waals surface area contributed by atoms with Crippen molar-refractivity contribution in [1.82, 2.24) is 0 Å². The molecule has 0 saturated heterocycles. The molecule has 0 aliphatic heterocycles. The molecule has 0 atom stereocenters. The lowest BCUT2D eigenvalue weighted by Crippen LogP contribution is -3.00. The molecule has 0 spiro atoms. The Labute approximate surface area is 142 Å². The second-order valence-corrected chi connectivity index (χ2v) is 5.88. The molecule has 2 aromatic rings. The molecule has 0 unspecified atom stereocenters. The van der Waals surface area contributed by atoms with E-state index < -0.39 is 0 Å². The fraction of sp³-hybridized carbons (Fsp3) is 0.400. The predicted molar refractivity (Wildman–Crippen MR) is 91.3 cm³/mol. The van der Waals surface area contributed by atoms with Crippen LogP contribution in [0.4, 0.5) is 0 Å². The minimum atomic E-state index is 0. The molecule has 0 saturated carbocycles. The van der Waals surface area contributed by atoms with E-state index in [2.05, 4.69) is 75.4 Å². The van der Waals surface area contributed by atoms with Gasteiger partial charge in [0.05, 0.1) is 19.6 Å². The summed E-state index contributed by atoms with van der Waals surface area (Å²) in [5.74, 6) is 0. The smallest absolute Gasteiger partial charge is 0.105 e. The number of hydrogen-bond acceptors (Lipinski definition) is 0. The Morgan fingerprint density at radius 1 is 0.682 bits per heavy atom. The van der Waals surface area contributed by atoms with Crippen molar-refractivity contribution in [3.8, 4) is 0 Å². The van der Waals surface area contributed by atoms with Crippen LogP contribution in [0.3, 0.4) is 0 Å². The zero-order valence-corrected chi connectivity index (χ0v) is 14.8. The Morgan fingerprint density at radius 2 is 1.18 bits per heavy atom. The van der Waals surface area contributed by atoms with Gasteiger partial charge >= 0.3 is 0 Å². The number of benzene rings is 2. The van der Waals surface area contributed by atoms with E-state index in [9.17, 15) is 0 Å². The second kappa shape index (κ2) is 8.97. The summed E-state index contributed by atoms with van der Waals surface area (Å²) in [4.78, 5) is 0. The van der Waals surface area contributed by atoms with Crippen LogP contribution in [0.15, 0.2) is 54.6 Å². The van der Waals surface area contributed by atoms with Crippen LogP contribution >= 0.6 is 0 Å². The van der Waals surface area contributed by atoms with Gasteiger partial charge in [-0.25, -0.2) is 0 Å². The maximum absolute atomic E-state index is 2.31. The summed E-state index contributed by atoms with van der Waals surface area (Å²) in [6.07, 6.45) is 1.04. The average Bonchev–Trinajstić information content (AvgIpc) is 2.55. The molecule has 0 bridgehead atoms. The molecule has 1 nitrogen and oxygen atoms in total. The molecule has 2 heteroatoms. The third-order valence-corrected chi connectivity index (χ3v) is 4.87. The van der Waals surface area contributed by atoms with Crippen LogP contribution < -0.4 is 12.4 Å². The van der Waals surface area contributed by atoms with Crippen LogP contribution in [0.25, 0.3) is 0 Å². The maximum atomic E-state index is 2.31. The lowest BCUT2D eigenvalue weighted by Gasteiger charge is -2.36. The Hall–Kier alpha value is -1.31. The van der Waals surface area contributed by atoms with Gasteiger partial charge in [0.15, 0.2) is 0 Å². The van der Waals surface area contributed by atoms with Gasteiger partial charge in [0.2, 0.25) is 0 Å². The summed E-state index contributed by atoms with van der Waals surface area (Å²) in [7, 11) is 0. The van der Waals surface area contributed by atoms with E-state index in [1.807, 2.05) is 0 Å². The molecule has 2 aromatic carbocycles. The molecular weight excluding hydrogens is 290 g/mol. The Morgan fingerprint density at radius 3 is 1.73 bits per heavy atom. The monoisotopic (exact) mass is 317 g/mol. The topological polar surface area (TPSA) is 0 Å². The van der Waals surface area contributed by atoms with Crippen molar-refractivity contribution < 1.29 is 16.9 Å². The Kier molecular flexibility index (Phi) is 7.64. The van der Waals surface area contributed by atoms with Crippen LogP contribution in [-0.2, 0) is 13.0 Å². The molecule has 22 heavy (non-hydrogen) atoms. The van der Waals surface area contributed by atoms with E-state index in [0.29, 0.717) is 0 Å². The summed E-state index contributed by atoms with van der Waals surface area (Å²) in [5.41, 5.74) is 4.38. The van der Waals surface area contributed by atoms with Gasteiger partial charge in [-0.1, -0.05) is 54.6 Å². The first-order valence-corrected chi connectivity index (χ1v) is 8.18. The number of rotatable bonds is 7. The SMILES string of the molecule is CC[N+](CC)(CC)Cc1ccccc1Cc1ccccc1.[Cl-]. The Balaban J connectivity index is 0.00000242. The number of quaternary nitrogens is 1. The van der Waals surface area contributed by atoms with Crippen LogP contribution in [0.5, 0.6) is 0 Å². The molecule has 0 fully saturated rings. The highest BCUT2D eigenvalue weighted by molar-refractivity contribution is 5.32. The van der Waals surface area contributed by atoms with Crippen LogP contribution in [-0.4, -0.2) is 24.1 Å². The molecule has 0 aromatic heterocycles. The summed E-state index contributed by atoms with van der Waals surface area (Å²) < 4.78 is 1.17. The molecule has 0 amide bonds. The fourth-order valence-electron chi connectivity index (χ4n) is 3.07. The van der Waals surface area contributed by atoms with E-state index in [1.165, 1.54) is 40.8 Å². The van der Waals surface area contributed by atoms with Gasteiger partial charge < -0.3 is 16.9 Å². The molecule has 0 heterocycles. The minimum absolute atomic E-state index is 0. The zero-order valence-electron chi connectivity index (χ0n) is 14.1. The quantitative estimate of drug-likeness (QED) is 0.681. The minimum Gasteiger partial charge on any atom is -1.00 e. The van der Waals surface area contributed by atoms with E-state index in [4.69, 9.17) is 0 Å². The zero-order chi connectivity index (χ0) is 15.1. The van der Waals surface area contributed by atoms with Gasteiger partial charge in [-0.3, -0.25) is 0 Å². The number of hydrogen-bond donors (Lipinski definition) is 0. The van der Waals surface area contributed by atoms with Crippen molar-refractivity contribution in [2.45, 2.75) is 33.7 Å². The highest BCUT2D eigenvalue weighted by atomic mass is 35.5. The molecule has 0 N–H and O–H groups in total. The fourth-order valence-corrected chi connectivity index (χ4v) is 3.07. The maximum Gasteiger partial charge on any atom is 0.105 e. The predicted octanol–water partition coefficient (Wildman–Crippen LogP) is 1.66. The van der Waals surface area contributed by atoms with E-state index in [1.54, 1.807) is 0 Å². The molecule has 0 aliphatic rings.